The first-order chi connectivity index (χ1) is 13.0. The van der Waals surface area contributed by atoms with Crippen molar-refractivity contribution >= 4 is 56.6 Å². The first-order valence-corrected chi connectivity index (χ1v) is 10.00. The third kappa shape index (κ3) is 4.55. The largest absolute Gasteiger partial charge is 0.341 e. The molecule has 0 aliphatic rings. The van der Waals surface area contributed by atoms with Gasteiger partial charge in [0, 0.05) is 28.7 Å². The summed E-state index contributed by atoms with van der Waals surface area (Å²) < 4.78 is 0. The molecule has 3 rings (SSSR count). The summed E-state index contributed by atoms with van der Waals surface area (Å²) in [5.41, 5.74) is 2.48. The molecule has 1 aromatic carbocycles. The highest BCUT2D eigenvalue weighted by atomic mass is 32.2. The first kappa shape index (κ1) is 19.1. The van der Waals surface area contributed by atoms with Crippen LogP contribution >= 0.6 is 23.1 Å². The molecule has 3 aromatic rings. The number of carbonyl (C=O) groups excluding carboxylic acids is 2. The predicted molar refractivity (Wildman–Crippen MR) is 111 cm³/mol. The summed E-state index contributed by atoms with van der Waals surface area (Å²) in [5, 5.41) is 9.84. The second kappa shape index (κ2) is 8.36. The number of hydrogen-bond acceptors (Lipinski definition) is 6. The molecule has 0 saturated carbocycles. The lowest BCUT2D eigenvalue weighted by molar-refractivity contribution is -0.113. The summed E-state index contributed by atoms with van der Waals surface area (Å²) in [7, 11) is 1.55. The number of nitrogens with zero attached hydrogens (tertiary/aromatic N) is 2. The molecule has 0 bridgehead atoms. The molecule has 0 spiro atoms. The van der Waals surface area contributed by atoms with E-state index in [0.29, 0.717) is 11.4 Å². The van der Waals surface area contributed by atoms with Crippen LogP contribution in [0, 0.1) is 13.8 Å². The number of thioether (sulfide) groups is 1. The Morgan fingerprint density at radius 2 is 1.74 bits per heavy atom. The lowest BCUT2D eigenvalue weighted by Crippen LogP contribution is -2.24. The quantitative estimate of drug-likeness (QED) is 0.446. The highest BCUT2D eigenvalue weighted by Crippen LogP contribution is 2.34. The van der Waals surface area contributed by atoms with Gasteiger partial charge < -0.3 is 16.0 Å². The minimum Gasteiger partial charge on any atom is -0.341 e. The smallest absolute Gasteiger partial charge is 0.318 e. The Morgan fingerprint density at radius 3 is 2.41 bits per heavy atom. The molecule has 0 saturated heterocycles. The van der Waals surface area contributed by atoms with Crippen LogP contribution in [0.2, 0.25) is 0 Å². The Hall–Kier alpha value is -2.65. The fraction of sp³-hybridized carbons (Fsp3) is 0.222. The van der Waals surface area contributed by atoms with E-state index in [1.807, 2.05) is 0 Å². The van der Waals surface area contributed by atoms with Gasteiger partial charge in [-0.3, -0.25) is 4.79 Å². The summed E-state index contributed by atoms with van der Waals surface area (Å²) in [6, 6.07) is 6.64. The zero-order chi connectivity index (χ0) is 19.4. The van der Waals surface area contributed by atoms with Gasteiger partial charge in [-0.25, -0.2) is 14.8 Å². The number of aromatic nitrogens is 2. The molecule has 0 unspecified atom stereocenters. The van der Waals surface area contributed by atoms with Gasteiger partial charge in [-0.1, -0.05) is 11.8 Å². The molecule has 0 aliphatic heterocycles. The number of aryl methyl sites for hydroxylation is 2. The lowest BCUT2D eigenvalue weighted by atomic mass is 10.2. The van der Waals surface area contributed by atoms with E-state index in [4.69, 9.17) is 0 Å². The Balaban J connectivity index is 1.61. The molecular formula is C18H19N5O2S2. The van der Waals surface area contributed by atoms with E-state index in [1.165, 1.54) is 23.0 Å². The maximum atomic E-state index is 12.3. The van der Waals surface area contributed by atoms with Gasteiger partial charge in [0.05, 0.1) is 5.75 Å². The molecule has 0 aliphatic carbocycles. The van der Waals surface area contributed by atoms with E-state index < -0.39 is 0 Å². The third-order valence-electron chi connectivity index (χ3n) is 3.92. The fourth-order valence-electron chi connectivity index (χ4n) is 2.42. The van der Waals surface area contributed by atoms with Crippen molar-refractivity contribution in [2.24, 2.45) is 0 Å². The minimum absolute atomic E-state index is 0.122. The number of hydrogen-bond donors (Lipinski definition) is 3. The van der Waals surface area contributed by atoms with Gasteiger partial charge in [-0.15, -0.1) is 11.3 Å². The molecule has 9 heteroatoms. The predicted octanol–water partition coefficient (Wildman–Crippen LogP) is 3.79. The van der Waals surface area contributed by atoms with Gasteiger partial charge in [0.2, 0.25) is 5.91 Å². The SMILES string of the molecule is CNC(=O)Nc1ccc(NC(=O)CSc2ncnc3sc(C)c(C)c23)cc1. The monoisotopic (exact) mass is 401 g/mol. The molecule has 27 heavy (non-hydrogen) atoms. The molecular weight excluding hydrogens is 382 g/mol. The maximum Gasteiger partial charge on any atom is 0.318 e. The van der Waals surface area contributed by atoms with E-state index in [9.17, 15) is 9.59 Å². The number of amides is 3. The lowest BCUT2D eigenvalue weighted by Gasteiger charge is -2.08. The summed E-state index contributed by atoms with van der Waals surface area (Å²) in [6.07, 6.45) is 1.54. The van der Waals surface area contributed by atoms with Crippen molar-refractivity contribution in [2.45, 2.75) is 18.9 Å². The Labute approximate surface area is 165 Å². The van der Waals surface area contributed by atoms with E-state index in [-0.39, 0.29) is 17.7 Å². The molecule has 140 valence electrons. The van der Waals surface area contributed by atoms with Crippen LogP contribution in [0.1, 0.15) is 10.4 Å². The van der Waals surface area contributed by atoms with Gasteiger partial charge in [0.15, 0.2) is 0 Å². The second-order valence-electron chi connectivity index (χ2n) is 5.76. The topological polar surface area (TPSA) is 96.0 Å². The molecule has 2 aromatic heterocycles. The van der Waals surface area contributed by atoms with Crippen molar-refractivity contribution in [2.75, 3.05) is 23.4 Å². The molecule has 0 fully saturated rings. The Kier molecular flexibility index (Phi) is 5.92. The molecule has 2 heterocycles. The van der Waals surface area contributed by atoms with Crippen molar-refractivity contribution in [3.8, 4) is 0 Å². The van der Waals surface area contributed by atoms with Crippen LogP contribution in [0.5, 0.6) is 0 Å². The first-order valence-electron chi connectivity index (χ1n) is 8.20. The van der Waals surface area contributed by atoms with Crippen LogP contribution in [0.3, 0.4) is 0 Å². The normalized spacial score (nSPS) is 10.6. The van der Waals surface area contributed by atoms with Crippen molar-refractivity contribution in [1.29, 1.82) is 0 Å². The van der Waals surface area contributed by atoms with Crippen molar-refractivity contribution in [3.05, 3.63) is 41.0 Å². The minimum atomic E-state index is -0.293. The van der Waals surface area contributed by atoms with Crippen LogP contribution < -0.4 is 16.0 Å². The average molecular weight is 402 g/mol. The third-order valence-corrected chi connectivity index (χ3v) is 6.03. The summed E-state index contributed by atoms with van der Waals surface area (Å²) >= 11 is 3.03. The van der Waals surface area contributed by atoms with Gasteiger partial charge in [-0.05, 0) is 43.7 Å². The van der Waals surface area contributed by atoms with E-state index in [1.54, 1.807) is 42.6 Å². The standard InChI is InChI=1S/C18H19N5O2S2/c1-10-11(2)27-17-15(10)16(20-9-21-17)26-8-14(24)22-12-4-6-13(7-5-12)23-18(25)19-3/h4-7,9H,8H2,1-3H3,(H,22,24)(H2,19,23,25). The van der Waals surface area contributed by atoms with Crippen LogP contribution in [-0.4, -0.2) is 34.7 Å². The zero-order valence-electron chi connectivity index (χ0n) is 15.1. The number of fused-ring (bicyclic) bond motifs is 1. The molecule has 7 nitrogen and oxygen atoms in total. The van der Waals surface area contributed by atoms with Crippen LogP contribution in [0.4, 0.5) is 16.2 Å². The van der Waals surface area contributed by atoms with Crippen molar-refractivity contribution < 1.29 is 9.59 Å². The van der Waals surface area contributed by atoms with Crippen LogP contribution in [-0.2, 0) is 4.79 Å². The molecule has 0 atom stereocenters. The van der Waals surface area contributed by atoms with Gasteiger partial charge in [-0.2, -0.15) is 0 Å². The molecule has 3 amide bonds. The summed E-state index contributed by atoms with van der Waals surface area (Å²) in [5.74, 6) is 0.127. The van der Waals surface area contributed by atoms with Crippen LogP contribution in [0.25, 0.3) is 10.2 Å². The zero-order valence-corrected chi connectivity index (χ0v) is 16.8. The van der Waals surface area contributed by atoms with Crippen LogP contribution in [0.15, 0.2) is 35.6 Å². The number of nitrogens with one attached hydrogen (secondary N) is 3. The van der Waals surface area contributed by atoms with Crippen molar-refractivity contribution in [3.63, 3.8) is 0 Å². The Morgan fingerprint density at radius 1 is 1.07 bits per heavy atom. The van der Waals surface area contributed by atoms with E-state index >= 15 is 0 Å². The van der Waals surface area contributed by atoms with Gasteiger partial charge in [0.25, 0.3) is 0 Å². The van der Waals surface area contributed by atoms with E-state index in [2.05, 4.69) is 39.8 Å². The van der Waals surface area contributed by atoms with Gasteiger partial charge in [0.1, 0.15) is 16.2 Å². The van der Waals surface area contributed by atoms with Crippen molar-refractivity contribution in [1.82, 2.24) is 15.3 Å². The fourth-order valence-corrected chi connectivity index (χ4v) is 4.34. The second-order valence-corrected chi connectivity index (χ2v) is 7.93. The average Bonchev–Trinajstić information content (AvgIpc) is 2.96. The number of benzene rings is 1. The molecule has 3 N–H and O–H groups in total. The Bertz CT molecular complexity index is 985. The highest BCUT2D eigenvalue weighted by Gasteiger charge is 2.13. The number of thiophene rings is 1. The molecule has 0 radical (unpaired) electrons. The number of carbonyl (C=O) groups is 2. The summed E-state index contributed by atoms with van der Waals surface area (Å²) in [6.45, 7) is 4.11. The summed E-state index contributed by atoms with van der Waals surface area (Å²) in [4.78, 5) is 34.4. The number of urea groups is 1. The highest BCUT2D eigenvalue weighted by molar-refractivity contribution is 8.00. The number of rotatable bonds is 5. The van der Waals surface area contributed by atoms with E-state index in [0.717, 1.165) is 20.8 Å². The maximum absolute atomic E-state index is 12.3. The van der Waals surface area contributed by atoms with Gasteiger partial charge >= 0.3 is 6.03 Å². The number of anilines is 2.